The molecular weight excluding hydrogens is 262 g/mol. The fraction of sp³-hybridized carbons (Fsp3) is 0.571. The van der Waals surface area contributed by atoms with E-state index in [0.29, 0.717) is 17.2 Å². The van der Waals surface area contributed by atoms with Gasteiger partial charge >= 0.3 is 0 Å². The zero-order chi connectivity index (χ0) is 14.0. The van der Waals surface area contributed by atoms with E-state index >= 15 is 0 Å². The highest BCUT2D eigenvalue weighted by atomic mass is 32.2. The molecule has 0 aliphatic carbocycles. The summed E-state index contributed by atoms with van der Waals surface area (Å²) < 4.78 is 32.1. The van der Waals surface area contributed by atoms with Gasteiger partial charge in [-0.25, -0.2) is 8.42 Å². The first-order chi connectivity index (χ1) is 9.00. The normalized spacial score (nSPS) is 20.7. The molecule has 0 saturated carbocycles. The fourth-order valence-electron chi connectivity index (χ4n) is 2.68. The van der Waals surface area contributed by atoms with Crippen molar-refractivity contribution in [1.82, 2.24) is 4.31 Å². The molecule has 1 aromatic rings. The smallest absolute Gasteiger partial charge is 0.243 e. The zero-order valence-corrected chi connectivity index (χ0v) is 12.5. The molecule has 1 atom stereocenters. The van der Waals surface area contributed by atoms with Gasteiger partial charge in [-0.15, -0.1) is 0 Å². The molecule has 0 aromatic heterocycles. The highest BCUT2D eigenvalue weighted by Gasteiger charge is 2.34. The van der Waals surface area contributed by atoms with Crippen molar-refractivity contribution in [2.75, 3.05) is 13.7 Å². The summed E-state index contributed by atoms with van der Waals surface area (Å²) in [5, 5.41) is 0. The molecule has 1 aromatic carbocycles. The van der Waals surface area contributed by atoms with Crippen molar-refractivity contribution in [1.29, 1.82) is 0 Å². The molecule has 0 bridgehead atoms. The molecule has 0 radical (unpaired) electrons. The van der Waals surface area contributed by atoms with Gasteiger partial charge in [0.2, 0.25) is 10.0 Å². The first-order valence-electron chi connectivity index (χ1n) is 6.67. The summed E-state index contributed by atoms with van der Waals surface area (Å²) in [4.78, 5) is 0.367. The van der Waals surface area contributed by atoms with Gasteiger partial charge in [-0.05, 0) is 49.9 Å². The first kappa shape index (κ1) is 14.3. The van der Waals surface area contributed by atoms with Crippen LogP contribution in [0.25, 0.3) is 0 Å². The third-order valence-corrected chi connectivity index (χ3v) is 5.72. The van der Waals surface area contributed by atoms with Gasteiger partial charge in [-0.2, -0.15) is 4.31 Å². The molecule has 1 heterocycles. The minimum absolute atomic E-state index is 0.146. The Morgan fingerprint density at radius 3 is 2.74 bits per heavy atom. The van der Waals surface area contributed by atoms with Gasteiger partial charge in [-0.1, -0.05) is 6.92 Å². The summed E-state index contributed by atoms with van der Waals surface area (Å²) >= 11 is 0. The maximum Gasteiger partial charge on any atom is 0.243 e. The molecule has 1 aliphatic rings. The predicted octanol–water partition coefficient (Wildman–Crippen LogP) is 2.57. The largest absolute Gasteiger partial charge is 0.496 e. The fourth-order valence-corrected chi connectivity index (χ4v) is 4.53. The van der Waals surface area contributed by atoms with Crippen molar-refractivity contribution >= 4 is 10.0 Å². The molecule has 1 fully saturated rings. The van der Waals surface area contributed by atoms with Crippen LogP contribution in [-0.4, -0.2) is 32.4 Å². The van der Waals surface area contributed by atoms with E-state index < -0.39 is 10.0 Å². The number of aryl methyl sites for hydroxylation is 1. The number of benzene rings is 1. The molecule has 1 aliphatic heterocycles. The predicted molar refractivity (Wildman–Crippen MR) is 74.9 cm³/mol. The monoisotopic (exact) mass is 283 g/mol. The maximum atomic E-state index is 12.6. The Hall–Kier alpha value is -1.07. The Kier molecular flexibility index (Phi) is 4.16. The maximum absolute atomic E-state index is 12.6. The minimum Gasteiger partial charge on any atom is -0.496 e. The molecule has 0 spiro atoms. The Morgan fingerprint density at radius 2 is 2.16 bits per heavy atom. The average molecular weight is 283 g/mol. The number of hydrogen-bond donors (Lipinski definition) is 0. The van der Waals surface area contributed by atoms with E-state index in [1.807, 2.05) is 13.8 Å². The number of ether oxygens (including phenoxy) is 1. The number of sulfonamides is 1. The summed E-state index contributed by atoms with van der Waals surface area (Å²) in [7, 11) is -1.78. The van der Waals surface area contributed by atoms with Crippen molar-refractivity contribution in [3.8, 4) is 5.75 Å². The molecule has 106 valence electrons. The number of methoxy groups -OCH3 is 1. The van der Waals surface area contributed by atoms with Crippen LogP contribution in [0.5, 0.6) is 5.75 Å². The second-order valence-corrected chi connectivity index (χ2v) is 6.84. The van der Waals surface area contributed by atoms with Crippen LogP contribution in [0, 0.1) is 6.92 Å². The van der Waals surface area contributed by atoms with Gasteiger partial charge in [0.1, 0.15) is 5.75 Å². The Labute approximate surface area is 115 Å². The van der Waals surface area contributed by atoms with E-state index in [-0.39, 0.29) is 6.04 Å². The Balaban J connectivity index is 2.37. The van der Waals surface area contributed by atoms with Crippen LogP contribution in [0.2, 0.25) is 0 Å². The summed E-state index contributed by atoms with van der Waals surface area (Å²) in [6.07, 6.45) is 2.78. The van der Waals surface area contributed by atoms with Crippen LogP contribution in [0.15, 0.2) is 23.1 Å². The minimum atomic E-state index is -3.37. The molecule has 0 N–H and O–H groups in total. The van der Waals surface area contributed by atoms with E-state index in [2.05, 4.69) is 0 Å². The molecule has 4 nitrogen and oxygen atoms in total. The molecular formula is C14H21NO3S. The molecule has 19 heavy (non-hydrogen) atoms. The summed E-state index contributed by atoms with van der Waals surface area (Å²) in [6, 6.07) is 5.19. The van der Waals surface area contributed by atoms with Crippen molar-refractivity contribution < 1.29 is 13.2 Å². The van der Waals surface area contributed by atoms with Gasteiger partial charge in [-0.3, -0.25) is 0 Å². The van der Waals surface area contributed by atoms with Gasteiger partial charge in [0.25, 0.3) is 0 Å². The summed E-state index contributed by atoms with van der Waals surface area (Å²) in [5.74, 6) is 0.715. The lowest BCUT2D eigenvalue weighted by molar-refractivity contribution is 0.379. The highest BCUT2D eigenvalue weighted by Crippen LogP contribution is 2.29. The molecule has 0 amide bonds. The molecule has 1 saturated heterocycles. The van der Waals surface area contributed by atoms with Gasteiger partial charge in [0.05, 0.1) is 12.0 Å². The quantitative estimate of drug-likeness (QED) is 0.853. The van der Waals surface area contributed by atoms with Gasteiger partial charge in [0.15, 0.2) is 0 Å². The van der Waals surface area contributed by atoms with Crippen LogP contribution < -0.4 is 4.74 Å². The van der Waals surface area contributed by atoms with Crippen LogP contribution in [0.1, 0.15) is 31.7 Å². The number of nitrogens with zero attached hydrogens (tertiary/aromatic N) is 1. The van der Waals surface area contributed by atoms with Crippen molar-refractivity contribution in [2.45, 2.75) is 44.0 Å². The Bertz CT molecular complexity index is 554. The van der Waals surface area contributed by atoms with Gasteiger partial charge < -0.3 is 4.74 Å². The zero-order valence-electron chi connectivity index (χ0n) is 11.7. The molecule has 5 heteroatoms. The van der Waals surface area contributed by atoms with E-state index in [1.54, 1.807) is 29.6 Å². The second kappa shape index (κ2) is 5.51. The summed E-state index contributed by atoms with van der Waals surface area (Å²) in [5.41, 5.74) is 0.843. The number of hydrogen-bond acceptors (Lipinski definition) is 3. The van der Waals surface area contributed by atoms with Crippen LogP contribution >= 0.6 is 0 Å². The van der Waals surface area contributed by atoms with E-state index in [0.717, 1.165) is 24.8 Å². The standard InChI is InChI=1S/C14H21NO3S/c1-4-12-6-5-9-15(12)19(16,17)13-7-8-14(18-3)11(2)10-13/h7-8,10,12H,4-6,9H2,1-3H3. The van der Waals surface area contributed by atoms with Crippen molar-refractivity contribution in [3.05, 3.63) is 23.8 Å². The number of rotatable bonds is 4. The third kappa shape index (κ3) is 2.62. The highest BCUT2D eigenvalue weighted by molar-refractivity contribution is 7.89. The van der Waals surface area contributed by atoms with Crippen LogP contribution in [-0.2, 0) is 10.0 Å². The van der Waals surface area contributed by atoms with E-state index in [4.69, 9.17) is 4.74 Å². The van der Waals surface area contributed by atoms with Crippen molar-refractivity contribution in [3.63, 3.8) is 0 Å². The SMILES string of the molecule is CCC1CCCN1S(=O)(=O)c1ccc(OC)c(C)c1. The van der Waals surface area contributed by atoms with Crippen LogP contribution in [0.4, 0.5) is 0 Å². The molecule has 2 rings (SSSR count). The van der Waals surface area contributed by atoms with E-state index in [1.165, 1.54) is 0 Å². The van der Waals surface area contributed by atoms with Crippen molar-refractivity contribution in [2.24, 2.45) is 0 Å². The topological polar surface area (TPSA) is 46.6 Å². The molecule has 1 unspecified atom stereocenters. The third-order valence-electron chi connectivity index (χ3n) is 3.77. The Morgan fingerprint density at radius 1 is 1.42 bits per heavy atom. The second-order valence-electron chi connectivity index (χ2n) is 4.95. The first-order valence-corrected chi connectivity index (χ1v) is 8.11. The van der Waals surface area contributed by atoms with Crippen LogP contribution in [0.3, 0.4) is 0 Å². The lowest BCUT2D eigenvalue weighted by Gasteiger charge is -2.23. The average Bonchev–Trinajstić information content (AvgIpc) is 2.87. The lowest BCUT2D eigenvalue weighted by Crippen LogP contribution is -2.35. The van der Waals surface area contributed by atoms with E-state index in [9.17, 15) is 8.42 Å². The lowest BCUT2D eigenvalue weighted by atomic mass is 10.2. The summed E-state index contributed by atoms with van der Waals surface area (Å²) in [6.45, 7) is 4.53. The van der Waals surface area contributed by atoms with Gasteiger partial charge in [0, 0.05) is 12.6 Å².